The van der Waals surface area contributed by atoms with Crippen molar-refractivity contribution < 1.29 is 9.53 Å². The van der Waals surface area contributed by atoms with Gasteiger partial charge >= 0.3 is 0 Å². The number of hydrogen-bond donors (Lipinski definition) is 1. The highest BCUT2D eigenvalue weighted by Crippen LogP contribution is 2.32. The lowest BCUT2D eigenvalue weighted by Crippen LogP contribution is -2.32. The summed E-state index contributed by atoms with van der Waals surface area (Å²) in [5.74, 6) is 1.46. The van der Waals surface area contributed by atoms with E-state index in [1.165, 1.54) is 11.1 Å². The maximum absolute atomic E-state index is 12.8. The van der Waals surface area contributed by atoms with Crippen LogP contribution < -0.4 is 15.0 Å². The lowest BCUT2D eigenvalue weighted by atomic mass is 9.87. The summed E-state index contributed by atoms with van der Waals surface area (Å²) in [6, 6.07) is 9.73. The summed E-state index contributed by atoms with van der Waals surface area (Å²) >= 11 is 0. The Morgan fingerprint density at radius 1 is 1.33 bits per heavy atom. The molecule has 3 rings (SSSR count). The van der Waals surface area contributed by atoms with Gasteiger partial charge in [-0.05, 0) is 54.7 Å². The van der Waals surface area contributed by atoms with E-state index in [1.807, 2.05) is 31.1 Å². The third-order valence-electron chi connectivity index (χ3n) is 4.42. The molecule has 0 saturated carbocycles. The molecule has 0 saturated heterocycles. The van der Waals surface area contributed by atoms with Gasteiger partial charge in [0.05, 0.1) is 18.7 Å². The first-order valence-corrected chi connectivity index (χ1v) is 8.20. The SMILES string of the molecule is COc1ccc2c(c1)CCC[C@H]2NC(=O)c1cccnc1N(C)C. The first-order chi connectivity index (χ1) is 11.6. The highest BCUT2D eigenvalue weighted by atomic mass is 16.5. The van der Waals surface area contributed by atoms with Crippen molar-refractivity contribution >= 4 is 11.7 Å². The molecule has 24 heavy (non-hydrogen) atoms. The van der Waals surface area contributed by atoms with Crippen LogP contribution in [0.1, 0.15) is 40.4 Å². The number of aromatic nitrogens is 1. The standard InChI is InChI=1S/C19H23N3O2/c1-22(2)18-16(7-5-11-20-18)19(23)21-17-8-4-6-13-12-14(24-3)9-10-15(13)17/h5,7,9-12,17H,4,6,8H2,1-3H3,(H,21,23)/t17-/m1/s1. The molecule has 1 aromatic heterocycles. The normalized spacial score (nSPS) is 16.2. The van der Waals surface area contributed by atoms with E-state index in [-0.39, 0.29) is 11.9 Å². The van der Waals surface area contributed by atoms with Gasteiger partial charge in [-0.3, -0.25) is 4.79 Å². The summed E-state index contributed by atoms with van der Waals surface area (Å²) in [6.07, 6.45) is 4.73. The highest BCUT2D eigenvalue weighted by molar-refractivity contribution is 5.99. The number of rotatable bonds is 4. The van der Waals surface area contributed by atoms with Crippen LogP contribution in [0.15, 0.2) is 36.5 Å². The third kappa shape index (κ3) is 3.20. The first-order valence-electron chi connectivity index (χ1n) is 8.20. The van der Waals surface area contributed by atoms with Crippen LogP contribution in [0.25, 0.3) is 0 Å². The van der Waals surface area contributed by atoms with Gasteiger partial charge in [-0.15, -0.1) is 0 Å². The first kappa shape index (κ1) is 16.3. The van der Waals surface area contributed by atoms with Crippen LogP contribution in [-0.4, -0.2) is 32.1 Å². The number of nitrogens with one attached hydrogen (secondary N) is 1. The minimum atomic E-state index is -0.0829. The van der Waals surface area contributed by atoms with Gasteiger partial charge in [-0.25, -0.2) is 4.98 Å². The van der Waals surface area contributed by atoms with Crippen LogP contribution in [0.4, 0.5) is 5.82 Å². The molecule has 1 aliphatic carbocycles. The second-order valence-electron chi connectivity index (χ2n) is 6.25. The largest absolute Gasteiger partial charge is 0.497 e. The number of carbonyl (C=O) groups excluding carboxylic acids is 1. The molecule has 1 amide bonds. The van der Waals surface area contributed by atoms with Gasteiger partial charge in [0.15, 0.2) is 0 Å². The van der Waals surface area contributed by atoms with Crippen LogP contribution >= 0.6 is 0 Å². The molecule has 0 bridgehead atoms. The number of methoxy groups -OCH3 is 1. The number of nitrogens with zero attached hydrogens (tertiary/aromatic N) is 2. The Kier molecular flexibility index (Phi) is 4.69. The Morgan fingerprint density at radius 3 is 2.92 bits per heavy atom. The van der Waals surface area contributed by atoms with Crippen LogP contribution in [0.3, 0.4) is 0 Å². The zero-order valence-electron chi connectivity index (χ0n) is 14.4. The summed E-state index contributed by atoms with van der Waals surface area (Å²) in [6.45, 7) is 0. The second kappa shape index (κ2) is 6.91. The molecule has 1 aromatic carbocycles. The van der Waals surface area contributed by atoms with Gasteiger partial charge in [-0.1, -0.05) is 6.07 Å². The van der Waals surface area contributed by atoms with Gasteiger partial charge in [-0.2, -0.15) is 0 Å². The number of fused-ring (bicyclic) bond motifs is 1. The molecule has 5 nitrogen and oxygen atoms in total. The molecule has 126 valence electrons. The minimum Gasteiger partial charge on any atom is -0.497 e. The van der Waals surface area contributed by atoms with E-state index in [2.05, 4.69) is 22.4 Å². The Morgan fingerprint density at radius 2 is 2.17 bits per heavy atom. The van der Waals surface area contributed by atoms with Gasteiger partial charge in [0.25, 0.3) is 5.91 Å². The number of ether oxygens (including phenoxy) is 1. The van der Waals surface area contributed by atoms with Crippen molar-refractivity contribution in [2.24, 2.45) is 0 Å². The van der Waals surface area contributed by atoms with Crippen molar-refractivity contribution in [3.8, 4) is 5.75 Å². The van der Waals surface area contributed by atoms with E-state index >= 15 is 0 Å². The molecule has 5 heteroatoms. The molecular formula is C19H23N3O2. The van der Waals surface area contributed by atoms with Crippen molar-refractivity contribution in [3.05, 3.63) is 53.2 Å². The average molecular weight is 325 g/mol. The number of amides is 1. The average Bonchev–Trinajstić information content (AvgIpc) is 2.61. The van der Waals surface area contributed by atoms with Gasteiger partial charge in [0.2, 0.25) is 0 Å². The molecule has 1 atom stereocenters. The summed E-state index contributed by atoms with van der Waals surface area (Å²) in [4.78, 5) is 18.9. The second-order valence-corrected chi connectivity index (χ2v) is 6.25. The number of pyridine rings is 1. The predicted octanol–water partition coefficient (Wildman–Crippen LogP) is 2.96. The Labute approximate surface area is 142 Å². The maximum Gasteiger partial charge on any atom is 0.255 e. The quantitative estimate of drug-likeness (QED) is 0.939. The fourth-order valence-electron chi connectivity index (χ4n) is 3.23. The molecular weight excluding hydrogens is 302 g/mol. The Bertz CT molecular complexity index is 743. The van der Waals surface area contributed by atoms with Gasteiger partial charge in [0, 0.05) is 20.3 Å². The molecule has 0 fully saturated rings. The molecule has 1 aliphatic rings. The monoisotopic (exact) mass is 325 g/mol. The molecule has 0 aliphatic heterocycles. The van der Waals surface area contributed by atoms with E-state index in [1.54, 1.807) is 19.4 Å². The third-order valence-corrected chi connectivity index (χ3v) is 4.42. The molecule has 0 spiro atoms. The number of aryl methyl sites for hydroxylation is 1. The molecule has 1 heterocycles. The Hall–Kier alpha value is -2.56. The van der Waals surface area contributed by atoms with Crippen molar-refractivity contribution in [1.29, 1.82) is 0 Å². The summed E-state index contributed by atoms with van der Waals surface area (Å²) < 4.78 is 5.31. The van der Waals surface area contributed by atoms with E-state index in [9.17, 15) is 4.79 Å². The molecule has 2 aromatic rings. The highest BCUT2D eigenvalue weighted by Gasteiger charge is 2.24. The summed E-state index contributed by atoms with van der Waals surface area (Å²) in [7, 11) is 5.46. The van der Waals surface area contributed by atoms with E-state index in [0.29, 0.717) is 11.4 Å². The smallest absolute Gasteiger partial charge is 0.255 e. The summed E-state index contributed by atoms with van der Waals surface area (Å²) in [5, 5.41) is 3.18. The topological polar surface area (TPSA) is 54.5 Å². The molecule has 1 N–H and O–H groups in total. The zero-order chi connectivity index (χ0) is 17.1. The molecule has 0 unspecified atom stereocenters. The van der Waals surface area contributed by atoms with E-state index in [4.69, 9.17) is 4.74 Å². The van der Waals surface area contributed by atoms with E-state index < -0.39 is 0 Å². The van der Waals surface area contributed by atoms with Crippen LogP contribution in [-0.2, 0) is 6.42 Å². The molecule has 0 radical (unpaired) electrons. The fraction of sp³-hybridized carbons (Fsp3) is 0.368. The van der Waals surface area contributed by atoms with Crippen molar-refractivity contribution in [3.63, 3.8) is 0 Å². The van der Waals surface area contributed by atoms with Gasteiger partial charge < -0.3 is 15.0 Å². The van der Waals surface area contributed by atoms with Gasteiger partial charge in [0.1, 0.15) is 11.6 Å². The Balaban J connectivity index is 1.84. The maximum atomic E-state index is 12.8. The van der Waals surface area contributed by atoms with Crippen LogP contribution in [0, 0.1) is 0 Å². The fourth-order valence-corrected chi connectivity index (χ4v) is 3.23. The lowest BCUT2D eigenvalue weighted by molar-refractivity contribution is 0.0933. The number of hydrogen-bond acceptors (Lipinski definition) is 4. The summed E-state index contributed by atoms with van der Waals surface area (Å²) in [5.41, 5.74) is 3.04. The lowest BCUT2D eigenvalue weighted by Gasteiger charge is -2.27. The van der Waals surface area contributed by atoms with Crippen molar-refractivity contribution in [2.45, 2.75) is 25.3 Å². The predicted molar refractivity (Wildman–Crippen MR) is 94.7 cm³/mol. The minimum absolute atomic E-state index is 0.0300. The zero-order valence-corrected chi connectivity index (χ0v) is 14.4. The van der Waals surface area contributed by atoms with Crippen LogP contribution in [0.2, 0.25) is 0 Å². The van der Waals surface area contributed by atoms with Crippen LogP contribution in [0.5, 0.6) is 5.75 Å². The number of anilines is 1. The number of carbonyl (C=O) groups is 1. The van der Waals surface area contributed by atoms with Crippen molar-refractivity contribution in [2.75, 3.05) is 26.1 Å². The van der Waals surface area contributed by atoms with Crippen molar-refractivity contribution in [1.82, 2.24) is 10.3 Å². The van der Waals surface area contributed by atoms with E-state index in [0.717, 1.165) is 25.0 Å². The number of benzene rings is 1.